The lowest BCUT2D eigenvalue weighted by Gasteiger charge is -2.08. The Morgan fingerprint density at radius 2 is 1.76 bits per heavy atom. The first-order chi connectivity index (χ1) is 9.90. The first-order valence-corrected chi connectivity index (χ1v) is 5.78. The van der Waals surface area contributed by atoms with Crippen LogP contribution in [0.15, 0.2) is 42.7 Å². The van der Waals surface area contributed by atoms with Gasteiger partial charge in [0.1, 0.15) is 0 Å². The van der Waals surface area contributed by atoms with Gasteiger partial charge in [-0.15, -0.1) is 0 Å². The average molecular weight is 297 g/mol. The van der Waals surface area contributed by atoms with Crippen LogP contribution < -0.4 is 4.74 Å². The number of hydrogen-bond acceptors (Lipinski definition) is 4. The van der Waals surface area contributed by atoms with Gasteiger partial charge in [0.2, 0.25) is 0 Å². The highest BCUT2D eigenvalue weighted by Crippen LogP contribution is 2.31. The maximum absolute atomic E-state index is 12.5. The van der Waals surface area contributed by atoms with E-state index < -0.39 is 17.9 Å². The van der Waals surface area contributed by atoms with E-state index >= 15 is 0 Å². The lowest BCUT2D eigenvalue weighted by atomic mass is 10.1. The average Bonchev–Trinajstić information content (AvgIpc) is 2.46. The molecule has 0 unspecified atom stereocenters. The van der Waals surface area contributed by atoms with E-state index in [0.717, 1.165) is 19.2 Å². The number of aromatic nitrogens is 1. The third kappa shape index (κ3) is 3.71. The topological polar surface area (TPSA) is 48.4 Å². The Hall–Kier alpha value is -2.57. The number of pyridine rings is 1. The van der Waals surface area contributed by atoms with Crippen molar-refractivity contribution in [2.75, 3.05) is 7.11 Å². The van der Waals surface area contributed by atoms with Crippen molar-refractivity contribution in [3.8, 4) is 16.9 Å². The number of methoxy groups -OCH3 is 1. The number of rotatable bonds is 2. The van der Waals surface area contributed by atoms with Crippen molar-refractivity contribution in [3.05, 3.63) is 48.3 Å². The van der Waals surface area contributed by atoms with Crippen LogP contribution in [0, 0.1) is 0 Å². The van der Waals surface area contributed by atoms with Crippen molar-refractivity contribution in [3.63, 3.8) is 0 Å². The van der Waals surface area contributed by atoms with Crippen LogP contribution in [0.2, 0.25) is 0 Å². The SMILES string of the molecule is COC(=O)Oc1cncc(-c2ccc(C(F)(F)F)cc2)c1. The van der Waals surface area contributed by atoms with Crippen LogP contribution in [0.25, 0.3) is 11.1 Å². The van der Waals surface area contributed by atoms with Crippen LogP contribution in [-0.2, 0) is 10.9 Å². The van der Waals surface area contributed by atoms with Crippen molar-refractivity contribution < 1.29 is 27.4 Å². The Morgan fingerprint density at radius 1 is 1.10 bits per heavy atom. The molecule has 21 heavy (non-hydrogen) atoms. The minimum atomic E-state index is -4.38. The second-order valence-corrected chi connectivity index (χ2v) is 4.04. The summed E-state index contributed by atoms with van der Waals surface area (Å²) in [6.07, 6.45) is -2.54. The molecule has 0 aliphatic carbocycles. The van der Waals surface area contributed by atoms with Crippen molar-refractivity contribution in [2.45, 2.75) is 6.18 Å². The number of halogens is 3. The number of hydrogen-bond donors (Lipinski definition) is 0. The van der Waals surface area contributed by atoms with Crippen LogP contribution in [-0.4, -0.2) is 18.2 Å². The minimum absolute atomic E-state index is 0.138. The fourth-order valence-electron chi connectivity index (χ4n) is 1.62. The number of carbonyl (C=O) groups is 1. The van der Waals surface area contributed by atoms with Gasteiger partial charge in [0.05, 0.1) is 18.9 Å². The standard InChI is InChI=1S/C14H10F3NO3/c1-20-13(19)21-12-6-10(7-18-8-12)9-2-4-11(5-3-9)14(15,16)17/h2-8H,1H3. The highest BCUT2D eigenvalue weighted by atomic mass is 19.4. The molecule has 0 fully saturated rings. The predicted octanol–water partition coefficient (Wildman–Crippen LogP) is 3.91. The Labute approximate surface area is 118 Å². The van der Waals surface area contributed by atoms with Gasteiger partial charge in [-0.3, -0.25) is 4.98 Å². The van der Waals surface area contributed by atoms with Gasteiger partial charge in [-0.2, -0.15) is 13.2 Å². The molecule has 1 heterocycles. The first kappa shape index (κ1) is 14.8. The van der Waals surface area contributed by atoms with Gasteiger partial charge in [0.25, 0.3) is 0 Å². The lowest BCUT2D eigenvalue weighted by molar-refractivity contribution is -0.137. The zero-order valence-electron chi connectivity index (χ0n) is 10.8. The Balaban J connectivity index is 2.26. The second kappa shape index (κ2) is 5.82. The fourth-order valence-corrected chi connectivity index (χ4v) is 1.62. The molecule has 2 aromatic rings. The summed E-state index contributed by atoms with van der Waals surface area (Å²) in [6, 6.07) is 6.07. The molecule has 7 heteroatoms. The van der Waals surface area contributed by atoms with E-state index in [-0.39, 0.29) is 5.75 Å². The highest BCUT2D eigenvalue weighted by molar-refractivity contribution is 5.67. The molecule has 0 N–H and O–H groups in total. The molecule has 0 saturated heterocycles. The summed E-state index contributed by atoms with van der Waals surface area (Å²) >= 11 is 0. The molecule has 4 nitrogen and oxygen atoms in total. The Morgan fingerprint density at radius 3 is 2.33 bits per heavy atom. The summed E-state index contributed by atoms with van der Waals surface area (Å²) in [6.45, 7) is 0. The number of ether oxygens (including phenoxy) is 2. The number of alkyl halides is 3. The Kier molecular flexibility index (Phi) is 4.11. The maximum atomic E-state index is 12.5. The van der Waals surface area contributed by atoms with E-state index in [0.29, 0.717) is 11.1 Å². The largest absolute Gasteiger partial charge is 0.513 e. The molecule has 0 saturated carbocycles. The highest BCUT2D eigenvalue weighted by Gasteiger charge is 2.29. The Bertz CT molecular complexity index is 639. The van der Waals surface area contributed by atoms with E-state index in [1.807, 2.05) is 0 Å². The third-order valence-corrected chi connectivity index (χ3v) is 2.63. The summed E-state index contributed by atoms with van der Waals surface area (Å²) in [5.74, 6) is 0.138. The van der Waals surface area contributed by atoms with Gasteiger partial charge in [-0.05, 0) is 23.8 Å². The molecule has 0 aliphatic rings. The molecule has 1 aromatic heterocycles. The zero-order valence-corrected chi connectivity index (χ0v) is 10.8. The number of carbonyl (C=O) groups excluding carboxylic acids is 1. The van der Waals surface area contributed by atoms with Gasteiger partial charge < -0.3 is 9.47 Å². The van der Waals surface area contributed by atoms with Crippen LogP contribution in [0.4, 0.5) is 18.0 Å². The smallest absolute Gasteiger partial charge is 0.437 e. The molecule has 0 spiro atoms. The molecule has 0 radical (unpaired) electrons. The summed E-state index contributed by atoms with van der Waals surface area (Å²) in [5.41, 5.74) is 0.303. The second-order valence-electron chi connectivity index (χ2n) is 4.04. The fraction of sp³-hybridized carbons (Fsp3) is 0.143. The van der Waals surface area contributed by atoms with Crippen molar-refractivity contribution in [1.82, 2.24) is 4.98 Å². The van der Waals surface area contributed by atoms with Gasteiger partial charge in [0.15, 0.2) is 5.75 Å². The molecular formula is C14H10F3NO3. The number of nitrogens with zero attached hydrogens (tertiary/aromatic N) is 1. The van der Waals surface area contributed by atoms with Gasteiger partial charge in [-0.25, -0.2) is 4.79 Å². The first-order valence-electron chi connectivity index (χ1n) is 5.78. The van der Waals surface area contributed by atoms with Crippen LogP contribution in [0.3, 0.4) is 0 Å². The van der Waals surface area contributed by atoms with E-state index in [1.54, 1.807) is 0 Å². The van der Waals surface area contributed by atoms with E-state index in [2.05, 4.69) is 9.72 Å². The molecule has 0 amide bonds. The molecular weight excluding hydrogens is 287 g/mol. The quantitative estimate of drug-likeness (QED) is 0.788. The third-order valence-electron chi connectivity index (χ3n) is 2.63. The van der Waals surface area contributed by atoms with Crippen molar-refractivity contribution in [1.29, 1.82) is 0 Å². The van der Waals surface area contributed by atoms with Crippen molar-refractivity contribution >= 4 is 6.16 Å². The number of benzene rings is 1. The van der Waals surface area contributed by atoms with Crippen molar-refractivity contribution in [2.24, 2.45) is 0 Å². The zero-order chi connectivity index (χ0) is 15.5. The molecule has 1 aromatic carbocycles. The lowest BCUT2D eigenvalue weighted by Crippen LogP contribution is -2.07. The summed E-state index contributed by atoms with van der Waals surface area (Å²) < 4.78 is 46.6. The van der Waals surface area contributed by atoms with Crippen LogP contribution >= 0.6 is 0 Å². The van der Waals surface area contributed by atoms with Crippen LogP contribution in [0.5, 0.6) is 5.75 Å². The van der Waals surface area contributed by atoms with E-state index in [9.17, 15) is 18.0 Å². The monoisotopic (exact) mass is 297 g/mol. The van der Waals surface area contributed by atoms with E-state index in [4.69, 9.17) is 4.74 Å². The summed E-state index contributed by atoms with van der Waals surface area (Å²) in [7, 11) is 1.16. The normalized spacial score (nSPS) is 11.0. The molecule has 0 bridgehead atoms. The van der Waals surface area contributed by atoms with Gasteiger partial charge in [-0.1, -0.05) is 12.1 Å². The predicted molar refractivity (Wildman–Crippen MR) is 67.7 cm³/mol. The molecule has 2 rings (SSSR count). The van der Waals surface area contributed by atoms with Gasteiger partial charge >= 0.3 is 12.3 Å². The van der Waals surface area contributed by atoms with E-state index in [1.165, 1.54) is 30.6 Å². The summed E-state index contributed by atoms with van der Waals surface area (Å²) in [4.78, 5) is 14.9. The minimum Gasteiger partial charge on any atom is -0.437 e. The van der Waals surface area contributed by atoms with Crippen LogP contribution in [0.1, 0.15) is 5.56 Å². The molecule has 110 valence electrons. The van der Waals surface area contributed by atoms with Gasteiger partial charge in [0, 0.05) is 11.8 Å². The summed E-state index contributed by atoms with van der Waals surface area (Å²) in [5, 5.41) is 0. The maximum Gasteiger partial charge on any atom is 0.513 e. The molecule has 0 aliphatic heterocycles. The molecule has 0 atom stereocenters.